The van der Waals surface area contributed by atoms with Crippen LogP contribution in [0.5, 0.6) is 28.7 Å². The minimum absolute atomic E-state index is 0.0957. The van der Waals surface area contributed by atoms with Crippen molar-refractivity contribution in [1.29, 1.82) is 0 Å². The van der Waals surface area contributed by atoms with E-state index in [4.69, 9.17) is 23.7 Å². The summed E-state index contributed by atoms with van der Waals surface area (Å²) in [6.07, 6.45) is 0. The van der Waals surface area contributed by atoms with Crippen LogP contribution < -0.4 is 29.0 Å². The molecular weight excluding hydrogens is 394 g/mol. The lowest BCUT2D eigenvalue weighted by molar-refractivity contribution is -0.120. The summed E-state index contributed by atoms with van der Waals surface area (Å²) < 4.78 is 26.7. The van der Waals surface area contributed by atoms with Crippen LogP contribution in [-0.4, -0.2) is 46.7 Å². The van der Waals surface area contributed by atoms with E-state index >= 15 is 0 Å². The Morgan fingerprint density at radius 3 is 2.07 bits per heavy atom. The van der Waals surface area contributed by atoms with Gasteiger partial charge in [0.1, 0.15) is 0 Å². The molecule has 0 spiro atoms. The number of benzene rings is 2. The van der Waals surface area contributed by atoms with Gasteiger partial charge in [-0.3, -0.25) is 4.79 Å². The molecule has 0 aliphatic rings. The second-order valence-corrected chi connectivity index (χ2v) is 7.40. The topological polar surface area (TPSA) is 75.3 Å². The first-order valence-corrected chi connectivity index (χ1v) is 9.81. The standard InChI is InChI=1S/C21H27NO6S/c1-13(29-15-8-10-16(24-2)18(11-15)26-4)21(23)22-12-14-7-9-17(25-3)20(28-6)19(14)27-5/h7-11,13H,12H2,1-6H3,(H,22,23)/t13-/m1/s1. The van der Waals surface area contributed by atoms with E-state index in [1.807, 2.05) is 31.2 Å². The Morgan fingerprint density at radius 1 is 0.862 bits per heavy atom. The lowest BCUT2D eigenvalue weighted by atomic mass is 10.1. The minimum Gasteiger partial charge on any atom is -0.493 e. The molecule has 0 heterocycles. The molecular formula is C21H27NO6S. The summed E-state index contributed by atoms with van der Waals surface area (Å²) in [4.78, 5) is 13.5. The molecule has 2 aromatic rings. The lowest BCUT2D eigenvalue weighted by Crippen LogP contribution is -2.30. The van der Waals surface area contributed by atoms with Gasteiger partial charge < -0.3 is 29.0 Å². The summed E-state index contributed by atoms with van der Waals surface area (Å²) in [5.74, 6) is 2.77. The van der Waals surface area contributed by atoms with Crippen molar-refractivity contribution in [2.75, 3.05) is 35.5 Å². The molecule has 158 valence electrons. The van der Waals surface area contributed by atoms with Crippen LogP contribution in [0.25, 0.3) is 0 Å². The maximum absolute atomic E-state index is 12.6. The van der Waals surface area contributed by atoms with Crippen LogP contribution in [0.3, 0.4) is 0 Å². The van der Waals surface area contributed by atoms with Crippen LogP contribution in [0.15, 0.2) is 35.2 Å². The average Bonchev–Trinajstić information content (AvgIpc) is 2.76. The molecule has 29 heavy (non-hydrogen) atoms. The summed E-state index contributed by atoms with van der Waals surface area (Å²) in [6.45, 7) is 2.15. The molecule has 8 heteroatoms. The second kappa shape index (κ2) is 10.7. The first kappa shape index (κ1) is 22.5. The van der Waals surface area contributed by atoms with E-state index in [1.165, 1.54) is 11.8 Å². The zero-order chi connectivity index (χ0) is 21.4. The SMILES string of the molecule is COc1ccc(S[C@H](C)C(=O)NCc2ccc(OC)c(OC)c2OC)cc1OC. The van der Waals surface area contributed by atoms with Gasteiger partial charge in [0.15, 0.2) is 23.0 Å². The highest BCUT2D eigenvalue weighted by Crippen LogP contribution is 2.39. The normalized spacial score (nSPS) is 11.4. The minimum atomic E-state index is -0.306. The highest BCUT2D eigenvalue weighted by atomic mass is 32.2. The van der Waals surface area contributed by atoms with E-state index in [2.05, 4.69) is 5.32 Å². The van der Waals surface area contributed by atoms with Crippen molar-refractivity contribution in [1.82, 2.24) is 5.32 Å². The van der Waals surface area contributed by atoms with Crippen molar-refractivity contribution in [3.8, 4) is 28.7 Å². The maximum Gasteiger partial charge on any atom is 0.233 e. The molecule has 0 fully saturated rings. The van der Waals surface area contributed by atoms with E-state index in [9.17, 15) is 4.79 Å². The van der Waals surface area contributed by atoms with Crippen molar-refractivity contribution in [2.24, 2.45) is 0 Å². The van der Waals surface area contributed by atoms with Gasteiger partial charge in [-0.2, -0.15) is 0 Å². The zero-order valence-electron chi connectivity index (χ0n) is 17.5. The number of hydrogen-bond donors (Lipinski definition) is 1. The van der Waals surface area contributed by atoms with E-state index in [1.54, 1.807) is 41.6 Å². The fraction of sp³-hybridized carbons (Fsp3) is 0.381. The Kier molecular flexibility index (Phi) is 8.33. The molecule has 0 radical (unpaired) electrons. The molecule has 0 bridgehead atoms. The van der Waals surface area contributed by atoms with Crippen molar-refractivity contribution in [3.05, 3.63) is 35.9 Å². The fourth-order valence-electron chi connectivity index (χ4n) is 2.78. The van der Waals surface area contributed by atoms with E-state index in [-0.39, 0.29) is 11.2 Å². The first-order chi connectivity index (χ1) is 14.0. The monoisotopic (exact) mass is 421 g/mol. The number of nitrogens with one attached hydrogen (secondary N) is 1. The number of rotatable bonds is 10. The fourth-order valence-corrected chi connectivity index (χ4v) is 3.70. The Balaban J connectivity index is 2.05. The highest BCUT2D eigenvalue weighted by Gasteiger charge is 2.19. The van der Waals surface area contributed by atoms with Gasteiger partial charge in [0.2, 0.25) is 11.7 Å². The second-order valence-electron chi connectivity index (χ2n) is 5.99. The zero-order valence-corrected chi connectivity index (χ0v) is 18.3. The van der Waals surface area contributed by atoms with Crippen LogP contribution in [-0.2, 0) is 11.3 Å². The molecule has 1 atom stereocenters. The number of ether oxygens (including phenoxy) is 5. The van der Waals surface area contributed by atoms with Crippen LogP contribution in [0.4, 0.5) is 0 Å². The van der Waals surface area contributed by atoms with E-state index in [0.717, 1.165) is 10.5 Å². The number of methoxy groups -OCH3 is 5. The van der Waals surface area contributed by atoms with Gasteiger partial charge in [-0.15, -0.1) is 11.8 Å². The van der Waals surface area contributed by atoms with Crippen molar-refractivity contribution in [3.63, 3.8) is 0 Å². The number of thioether (sulfide) groups is 1. The van der Waals surface area contributed by atoms with Crippen molar-refractivity contribution >= 4 is 17.7 Å². The summed E-state index contributed by atoms with van der Waals surface area (Å²) in [5, 5.41) is 2.64. The van der Waals surface area contributed by atoms with Crippen LogP contribution >= 0.6 is 11.8 Å². The summed E-state index contributed by atoms with van der Waals surface area (Å²) in [5.41, 5.74) is 0.793. The quantitative estimate of drug-likeness (QED) is 0.588. The van der Waals surface area contributed by atoms with Crippen molar-refractivity contribution in [2.45, 2.75) is 23.6 Å². The third-order valence-corrected chi connectivity index (χ3v) is 5.37. The van der Waals surface area contributed by atoms with Crippen molar-refractivity contribution < 1.29 is 28.5 Å². The van der Waals surface area contributed by atoms with Gasteiger partial charge in [0.05, 0.1) is 40.8 Å². The Hall–Kier alpha value is -2.74. The molecule has 0 saturated heterocycles. The Bertz CT molecular complexity index is 842. The van der Waals surface area contributed by atoms with E-state index in [0.29, 0.717) is 35.3 Å². The Labute approximate surface area is 175 Å². The molecule has 2 rings (SSSR count). The summed E-state index contributed by atoms with van der Waals surface area (Å²) in [6, 6.07) is 9.19. The summed E-state index contributed by atoms with van der Waals surface area (Å²) >= 11 is 1.44. The largest absolute Gasteiger partial charge is 0.493 e. The maximum atomic E-state index is 12.6. The molecule has 1 N–H and O–H groups in total. The third-order valence-electron chi connectivity index (χ3n) is 4.28. The van der Waals surface area contributed by atoms with Crippen LogP contribution in [0.1, 0.15) is 12.5 Å². The van der Waals surface area contributed by atoms with Gasteiger partial charge in [0.25, 0.3) is 0 Å². The predicted octanol–water partition coefficient (Wildman–Crippen LogP) is 3.53. The van der Waals surface area contributed by atoms with Gasteiger partial charge >= 0.3 is 0 Å². The number of amides is 1. The molecule has 7 nitrogen and oxygen atoms in total. The smallest absolute Gasteiger partial charge is 0.233 e. The molecule has 0 unspecified atom stereocenters. The first-order valence-electron chi connectivity index (χ1n) is 8.93. The van der Waals surface area contributed by atoms with Gasteiger partial charge in [-0.05, 0) is 37.3 Å². The predicted molar refractivity (Wildman–Crippen MR) is 113 cm³/mol. The molecule has 2 aromatic carbocycles. The molecule has 0 aliphatic heterocycles. The highest BCUT2D eigenvalue weighted by molar-refractivity contribution is 8.00. The van der Waals surface area contributed by atoms with E-state index < -0.39 is 0 Å². The van der Waals surface area contributed by atoms with Gasteiger partial charge in [0, 0.05) is 17.0 Å². The van der Waals surface area contributed by atoms with Crippen LogP contribution in [0, 0.1) is 0 Å². The summed E-state index contributed by atoms with van der Waals surface area (Å²) in [7, 11) is 7.83. The third kappa shape index (κ3) is 5.41. The molecule has 0 aliphatic carbocycles. The van der Waals surface area contributed by atoms with Gasteiger partial charge in [-0.25, -0.2) is 0 Å². The van der Waals surface area contributed by atoms with Gasteiger partial charge in [-0.1, -0.05) is 0 Å². The molecule has 0 saturated carbocycles. The number of hydrogen-bond acceptors (Lipinski definition) is 7. The molecule has 0 aromatic heterocycles. The van der Waals surface area contributed by atoms with Crippen LogP contribution in [0.2, 0.25) is 0 Å². The molecule has 1 amide bonds. The number of carbonyl (C=O) groups excluding carboxylic acids is 1. The Morgan fingerprint density at radius 2 is 1.48 bits per heavy atom. The number of carbonyl (C=O) groups is 1. The average molecular weight is 422 g/mol. The lowest BCUT2D eigenvalue weighted by Gasteiger charge is -2.17.